The van der Waals surface area contributed by atoms with E-state index in [0.29, 0.717) is 24.3 Å². The first kappa shape index (κ1) is 16.0. The predicted octanol–water partition coefficient (Wildman–Crippen LogP) is 2.41. The number of carbonyl (C=O) groups excluding carboxylic acids is 1. The van der Waals surface area contributed by atoms with E-state index in [-0.39, 0.29) is 5.91 Å². The zero-order chi connectivity index (χ0) is 15.1. The van der Waals surface area contributed by atoms with Gasteiger partial charge in [0.1, 0.15) is 11.8 Å². The molecule has 0 aromatic heterocycles. The molecule has 5 heteroatoms. The van der Waals surface area contributed by atoms with Crippen molar-refractivity contribution in [3.05, 3.63) is 29.8 Å². The number of carboxylic acids is 1. The van der Waals surface area contributed by atoms with Crippen LogP contribution in [-0.4, -0.2) is 41.6 Å². The van der Waals surface area contributed by atoms with Gasteiger partial charge in [-0.3, -0.25) is 4.79 Å². The van der Waals surface area contributed by atoms with E-state index in [1.165, 1.54) is 11.9 Å². The quantitative estimate of drug-likeness (QED) is 0.832. The summed E-state index contributed by atoms with van der Waals surface area (Å²) in [6.07, 6.45) is 1.29. The minimum Gasteiger partial charge on any atom is -0.494 e. The first-order valence-electron chi connectivity index (χ1n) is 6.74. The lowest BCUT2D eigenvalue weighted by Gasteiger charge is -2.23. The molecule has 0 saturated carbocycles. The first-order chi connectivity index (χ1) is 9.51. The molecule has 1 rings (SSSR count). The Bertz CT molecular complexity index is 455. The third-order valence-electron chi connectivity index (χ3n) is 3.03. The molecule has 0 aliphatic rings. The minimum atomic E-state index is -0.994. The van der Waals surface area contributed by atoms with Crippen LogP contribution in [0.4, 0.5) is 0 Å². The molecule has 0 spiro atoms. The van der Waals surface area contributed by atoms with Gasteiger partial charge in [-0.1, -0.05) is 13.8 Å². The molecular formula is C15H21NO4. The topological polar surface area (TPSA) is 66.8 Å². The Balaban J connectivity index is 2.78. The summed E-state index contributed by atoms with van der Waals surface area (Å²) in [5.74, 6) is -0.594. The fourth-order valence-corrected chi connectivity index (χ4v) is 1.87. The maximum atomic E-state index is 12.2. The number of hydrogen-bond acceptors (Lipinski definition) is 3. The Hall–Kier alpha value is -2.04. The number of carbonyl (C=O) groups is 2. The zero-order valence-corrected chi connectivity index (χ0v) is 12.1. The monoisotopic (exact) mass is 279 g/mol. The lowest BCUT2D eigenvalue weighted by atomic mass is 10.1. The van der Waals surface area contributed by atoms with Gasteiger partial charge in [-0.15, -0.1) is 0 Å². The molecule has 0 radical (unpaired) electrons. The molecule has 0 bridgehead atoms. The summed E-state index contributed by atoms with van der Waals surface area (Å²) in [6.45, 7) is 4.39. The molecule has 110 valence electrons. The Morgan fingerprint density at radius 3 is 2.30 bits per heavy atom. The van der Waals surface area contributed by atoms with Crippen LogP contribution in [0.2, 0.25) is 0 Å². The van der Waals surface area contributed by atoms with Crippen LogP contribution in [-0.2, 0) is 4.79 Å². The van der Waals surface area contributed by atoms with Crippen molar-refractivity contribution in [2.75, 3.05) is 13.7 Å². The summed E-state index contributed by atoms with van der Waals surface area (Å²) >= 11 is 0. The van der Waals surface area contributed by atoms with Crippen LogP contribution in [0, 0.1) is 0 Å². The summed E-state index contributed by atoms with van der Waals surface area (Å²) in [4.78, 5) is 24.5. The molecule has 20 heavy (non-hydrogen) atoms. The Morgan fingerprint density at radius 1 is 1.25 bits per heavy atom. The van der Waals surface area contributed by atoms with Gasteiger partial charge in [0.15, 0.2) is 0 Å². The number of carboxylic acid groups (broad SMARTS) is 1. The molecule has 0 heterocycles. The number of aliphatic carboxylic acids is 1. The van der Waals surface area contributed by atoms with E-state index in [0.717, 1.165) is 6.42 Å². The van der Waals surface area contributed by atoms with Crippen LogP contribution in [0.25, 0.3) is 0 Å². The molecule has 0 aliphatic carbocycles. The van der Waals surface area contributed by atoms with Gasteiger partial charge in [0.2, 0.25) is 0 Å². The SMILES string of the molecule is CCCOc1ccc(C(=O)N(C)C(CC)C(=O)O)cc1. The number of rotatable bonds is 7. The highest BCUT2D eigenvalue weighted by molar-refractivity contribution is 5.96. The molecule has 0 aliphatic heterocycles. The molecule has 1 unspecified atom stereocenters. The van der Waals surface area contributed by atoms with Crippen molar-refractivity contribution in [3.8, 4) is 5.75 Å². The van der Waals surface area contributed by atoms with Gasteiger partial charge >= 0.3 is 5.97 Å². The maximum absolute atomic E-state index is 12.2. The summed E-state index contributed by atoms with van der Waals surface area (Å²) in [7, 11) is 1.51. The number of amides is 1. The van der Waals surface area contributed by atoms with Gasteiger partial charge in [0.25, 0.3) is 5.91 Å². The minimum absolute atomic E-state index is 0.304. The molecule has 5 nitrogen and oxygen atoms in total. The van der Waals surface area contributed by atoms with Crippen LogP contribution in [0.5, 0.6) is 5.75 Å². The van der Waals surface area contributed by atoms with Crippen molar-refractivity contribution >= 4 is 11.9 Å². The van der Waals surface area contributed by atoms with E-state index in [2.05, 4.69) is 0 Å². The van der Waals surface area contributed by atoms with Crippen molar-refractivity contribution in [3.63, 3.8) is 0 Å². The van der Waals surface area contributed by atoms with E-state index in [1.54, 1.807) is 31.2 Å². The van der Waals surface area contributed by atoms with E-state index in [4.69, 9.17) is 9.84 Å². The summed E-state index contributed by atoms with van der Waals surface area (Å²) < 4.78 is 5.44. The second-order valence-corrected chi connectivity index (χ2v) is 4.55. The number of ether oxygens (including phenoxy) is 1. The molecular weight excluding hydrogens is 258 g/mol. The van der Waals surface area contributed by atoms with E-state index < -0.39 is 12.0 Å². The van der Waals surface area contributed by atoms with Crippen LogP contribution < -0.4 is 4.74 Å². The largest absolute Gasteiger partial charge is 0.494 e. The van der Waals surface area contributed by atoms with Crippen molar-refractivity contribution < 1.29 is 19.4 Å². The molecule has 1 aromatic rings. The standard InChI is InChI=1S/C15H21NO4/c1-4-10-20-12-8-6-11(7-9-12)14(17)16(3)13(5-2)15(18)19/h6-9,13H,4-5,10H2,1-3H3,(H,18,19). The van der Waals surface area contributed by atoms with Gasteiger partial charge in [0.05, 0.1) is 6.61 Å². The van der Waals surface area contributed by atoms with E-state index >= 15 is 0 Å². The lowest BCUT2D eigenvalue weighted by molar-refractivity contribution is -0.142. The van der Waals surface area contributed by atoms with Crippen LogP contribution in [0.1, 0.15) is 37.0 Å². The highest BCUT2D eigenvalue weighted by atomic mass is 16.5. The summed E-state index contributed by atoms with van der Waals surface area (Å²) in [5.41, 5.74) is 0.455. The molecule has 1 atom stereocenters. The lowest BCUT2D eigenvalue weighted by Crippen LogP contribution is -2.41. The summed E-state index contributed by atoms with van der Waals surface area (Å²) in [5, 5.41) is 9.07. The van der Waals surface area contributed by atoms with Crippen LogP contribution in [0.3, 0.4) is 0 Å². The molecule has 0 fully saturated rings. The summed E-state index contributed by atoms with van der Waals surface area (Å²) in [6, 6.07) is 5.94. The van der Waals surface area contributed by atoms with Crippen LogP contribution >= 0.6 is 0 Å². The second kappa shape index (κ2) is 7.53. The maximum Gasteiger partial charge on any atom is 0.326 e. The Kier molecular flexibility index (Phi) is 6.03. The first-order valence-corrected chi connectivity index (χ1v) is 6.74. The van der Waals surface area contributed by atoms with Gasteiger partial charge < -0.3 is 14.7 Å². The number of nitrogens with zero attached hydrogens (tertiary/aromatic N) is 1. The average Bonchev–Trinajstić information content (AvgIpc) is 2.45. The van der Waals surface area contributed by atoms with Crippen molar-refractivity contribution in [2.45, 2.75) is 32.7 Å². The van der Waals surface area contributed by atoms with E-state index in [9.17, 15) is 9.59 Å². The smallest absolute Gasteiger partial charge is 0.326 e. The van der Waals surface area contributed by atoms with Gasteiger partial charge in [-0.2, -0.15) is 0 Å². The normalized spacial score (nSPS) is 11.8. The third kappa shape index (κ3) is 3.98. The number of hydrogen-bond donors (Lipinski definition) is 1. The van der Waals surface area contributed by atoms with Gasteiger partial charge in [0, 0.05) is 12.6 Å². The molecule has 1 N–H and O–H groups in total. The highest BCUT2D eigenvalue weighted by Crippen LogP contribution is 2.15. The molecule has 0 saturated heterocycles. The van der Waals surface area contributed by atoms with Crippen molar-refractivity contribution in [1.29, 1.82) is 0 Å². The fraction of sp³-hybridized carbons (Fsp3) is 0.467. The third-order valence-corrected chi connectivity index (χ3v) is 3.03. The average molecular weight is 279 g/mol. The Labute approximate surface area is 119 Å². The number of benzene rings is 1. The zero-order valence-electron chi connectivity index (χ0n) is 12.1. The highest BCUT2D eigenvalue weighted by Gasteiger charge is 2.25. The van der Waals surface area contributed by atoms with Crippen molar-refractivity contribution in [2.24, 2.45) is 0 Å². The van der Waals surface area contributed by atoms with Crippen LogP contribution in [0.15, 0.2) is 24.3 Å². The molecule has 1 aromatic carbocycles. The van der Waals surface area contributed by atoms with Crippen molar-refractivity contribution in [1.82, 2.24) is 4.90 Å². The predicted molar refractivity (Wildman–Crippen MR) is 76.0 cm³/mol. The second-order valence-electron chi connectivity index (χ2n) is 4.55. The fourth-order valence-electron chi connectivity index (χ4n) is 1.87. The number of likely N-dealkylation sites (N-methyl/N-ethyl adjacent to an activating group) is 1. The van der Waals surface area contributed by atoms with E-state index in [1.807, 2.05) is 6.92 Å². The molecule has 1 amide bonds. The van der Waals surface area contributed by atoms with Gasteiger partial charge in [-0.25, -0.2) is 4.79 Å². The van der Waals surface area contributed by atoms with Gasteiger partial charge in [-0.05, 0) is 37.1 Å². The Morgan fingerprint density at radius 2 is 1.85 bits per heavy atom.